The van der Waals surface area contributed by atoms with E-state index < -0.39 is 6.61 Å². The Balaban J connectivity index is 1.99. The molecule has 0 fully saturated rings. The lowest BCUT2D eigenvalue weighted by Crippen LogP contribution is -2.24. The van der Waals surface area contributed by atoms with Crippen LogP contribution >= 0.6 is 12.2 Å². The second-order valence-electron chi connectivity index (χ2n) is 5.46. The van der Waals surface area contributed by atoms with Gasteiger partial charge in [0.25, 0.3) is 0 Å². The molecule has 0 atom stereocenters. The van der Waals surface area contributed by atoms with Crippen molar-refractivity contribution < 1.29 is 23.0 Å². The van der Waals surface area contributed by atoms with Gasteiger partial charge in [0.2, 0.25) is 0 Å². The average molecular weight is 409 g/mol. The molecule has 0 saturated carbocycles. The summed E-state index contributed by atoms with van der Waals surface area (Å²) in [5.74, 6) is 0.908. The zero-order chi connectivity index (χ0) is 20.5. The van der Waals surface area contributed by atoms with Crippen LogP contribution in [0.2, 0.25) is 0 Å². The Morgan fingerprint density at radius 3 is 2.46 bits per heavy atom. The van der Waals surface area contributed by atoms with Crippen LogP contribution in [-0.2, 0) is 0 Å². The van der Waals surface area contributed by atoms with Crippen LogP contribution in [0, 0.1) is 0 Å². The highest BCUT2D eigenvalue weighted by Crippen LogP contribution is 2.29. The van der Waals surface area contributed by atoms with E-state index in [0.717, 1.165) is 11.4 Å². The summed E-state index contributed by atoms with van der Waals surface area (Å²) in [6, 6.07) is 11.9. The van der Waals surface area contributed by atoms with Gasteiger partial charge in [-0.1, -0.05) is 0 Å². The van der Waals surface area contributed by atoms with Gasteiger partial charge in [-0.05, 0) is 68.5 Å². The number of benzene rings is 2. The molecule has 0 heterocycles. The van der Waals surface area contributed by atoms with Gasteiger partial charge in [-0.15, -0.1) is 0 Å². The molecule has 2 rings (SSSR count). The largest absolute Gasteiger partial charge is 0.494 e. The summed E-state index contributed by atoms with van der Waals surface area (Å²) in [7, 11) is 1.37. The number of nitrogens with zero attached hydrogens (tertiary/aromatic N) is 1. The number of anilines is 1. The number of alkyl halides is 2. The van der Waals surface area contributed by atoms with Crippen LogP contribution in [0.5, 0.6) is 17.2 Å². The molecule has 150 valence electrons. The van der Waals surface area contributed by atoms with Gasteiger partial charge < -0.3 is 19.5 Å². The van der Waals surface area contributed by atoms with Gasteiger partial charge in [0.05, 0.1) is 19.4 Å². The van der Waals surface area contributed by atoms with Gasteiger partial charge >= 0.3 is 6.61 Å². The fourth-order valence-electron chi connectivity index (χ4n) is 2.25. The maximum atomic E-state index is 12.4. The standard InChI is InChI=1S/C19H21F2N3O3S/c1-4-26-15-8-6-14(7-9-15)22-19(28)24-23-12(2)13-5-10-16(27-18(20)21)17(11-13)25-3/h5-11,18H,4H2,1-3H3,(H2,22,24,28)/b23-12-. The molecule has 0 aliphatic carbocycles. The molecular formula is C19H21F2N3O3S. The maximum Gasteiger partial charge on any atom is 0.387 e. The van der Waals surface area contributed by atoms with E-state index >= 15 is 0 Å². The van der Waals surface area contributed by atoms with Gasteiger partial charge in [0.1, 0.15) is 5.75 Å². The van der Waals surface area contributed by atoms with Crippen LogP contribution in [0.3, 0.4) is 0 Å². The van der Waals surface area contributed by atoms with E-state index in [4.69, 9.17) is 21.7 Å². The van der Waals surface area contributed by atoms with Crippen molar-refractivity contribution in [1.29, 1.82) is 0 Å². The van der Waals surface area contributed by atoms with Crippen molar-refractivity contribution in [3.63, 3.8) is 0 Å². The first kappa shape index (κ1) is 21.4. The van der Waals surface area contributed by atoms with Crippen LogP contribution in [0.15, 0.2) is 47.6 Å². The number of hydrazone groups is 1. The monoisotopic (exact) mass is 409 g/mol. The smallest absolute Gasteiger partial charge is 0.387 e. The minimum absolute atomic E-state index is 0.0466. The van der Waals surface area contributed by atoms with E-state index in [0.29, 0.717) is 23.0 Å². The van der Waals surface area contributed by atoms with Gasteiger partial charge in [-0.25, -0.2) is 0 Å². The first-order chi connectivity index (χ1) is 13.4. The molecule has 0 aromatic heterocycles. The molecule has 9 heteroatoms. The normalized spacial score (nSPS) is 11.1. The fourth-order valence-corrected chi connectivity index (χ4v) is 2.41. The Labute approximate surface area is 167 Å². The van der Waals surface area contributed by atoms with Crippen LogP contribution in [0.4, 0.5) is 14.5 Å². The van der Waals surface area contributed by atoms with E-state index in [1.54, 1.807) is 19.1 Å². The van der Waals surface area contributed by atoms with Gasteiger partial charge in [0, 0.05) is 11.3 Å². The fraction of sp³-hybridized carbons (Fsp3) is 0.263. The topological polar surface area (TPSA) is 64.1 Å². The predicted octanol–water partition coefficient (Wildman–Crippen LogP) is 4.41. The second kappa shape index (κ2) is 10.4. The molecular weight excluding hydrogens is 388 g/mol. The second-order valence-corrected chi connectivity index (χ2v) is 5.87. The number of methoxy groups -OCH3 is 1. The summed E-state index contributed by atoms with van der Waals surface area (Å²) in [5.41, 5.74) is 4.76. The lowest BCUT2D eigenvalue weighted by Gasteiger charge is -2.12. The van der Waals surface area contributed by atoms with Crippen LogP contribution in [0.1, 0.15) is 19.4 Å². The molecule has 28 heavy (non-hydrogen) atoms. The molecule has 0 spiro atoms. The van der Waals surface area contributed by atoms with Crippen molar-refractivity contribution in [2.45, 2.75) is 20.5 Å². The molecule has 0 aliphatic heterocycles. The highest BCUT2D eigenvalue weighted by molar-refractivity contribution is 7.80. The number of halogens is 2. The van der Waals surface area contributed by atoms with Crippen LogP contribution < -0.4 is 25.0 Å². The predicted molar refractivity (Wildman–Crippen MR) is 109 cm³/mol. The number of hydrogen-bond donors (Lipinski definition) is 2. The third-order valence-corrected chi connectivity index (χ3v) is 3.74. The van der Waals surface area contributed by atoms with Crippen molar-refractivity contribution in [3.05, 3.63) is 48.0 Å². The summed E-state index contributed by atoms with van der Waals surface area (Å²) in [6.45, 7) is 1.33. The Bertz CT molecular complexity index is 830. The molecule has 0 unspecified atom stereocenters. The SMILES string of the molecule is CCOc1ccc(NC(=S)N/N=C(/C)c2ccc(OC(F)F)c(OC)c2)cc1. The Kier molecular flexibility index (Phi) is 7.94. The van der Waals surface area contributed by atoms with Gasteiger partial charge in [-0.2, -0.15) is 13.9 Å². The van der Waals surface area contributed by atoms with E-state index in [-0.39, 0.29) is 11.5 Å². The van der Waals surface area contributed by atoms with Crippen LogP contribution in [-0.4, -0.2) is 31.2 Å². The number of rotatable bonds is 8. The summed E-state index contributed by atoms with van der Waals surface area (Å²) >= 11 is 5.22. The van der Waals surface area contributed by atoms with E-state index in [2.05, 4.69) is 20.6 Å². The highest BCUT2D eigenvalue weighted by Gasteiger charge is 2.12. The lowest BCUT2D eigenvalue weighted by atomic mass is 10.1. The Morgan fingerprint density at radius 2 is 1.86 bits per heavy atom. The minimum Gasteiger partial charge on any atom is -0.494 e. The summed E-state index contributed by atoms with van der Waals surface area (Å²) in [4.78, 5) is 0. The minimum atomic E-state index is -2.93. The van der Waals surface area contributed by atoms with E-state index in [1.807, 2.05) is 31.2 Å². The van der Waals surface area contributed by atoms with Gasteiger partial charge in [0.15, 0.2) is 16.6 Å². The Morgan fingerprint density at radius 1 is 1.14 bits per heavy atom. The first-order valence-electron chi connectivity index (χ1n) is 8.40. The van der Waals surface area contributed by atoms with E-state index in [1.165, 1.54) is 13.2 Å². The van der Waals surface area contributed by atoms with Gasteiger partial charge in [-0.3, -0.25) is 5.43 Å². The molecule has 0 bridgehead atoms. The lowest BCUT2D eigenvalue weighted by molar-refractivity contribution is -0.0512. The summed E-state index contributed by atoms with van der Waals surface area (Å²) in [5, 5.41) is 7.50. The number of nitrogens with one attached hydrogen (secondary N) is 2. The molecule has 2 N–H and O–H groups in total. The van der Waals surface area contributed by atoms with Crippen molar-refractivity contribution in [2.75, 3.05) is 19.0 Å². The maximum absolute atomic E-state index is 12.4. The zero-order valence-corrected chi connectivity index (χ0v) is 16.5. The van der Waals surface area contributed by atoms with Crippen molar-refractivity contribution in [1.82, 2.24) is 5.43 Å². The van der Waals surface area contributed by atoms with Crippen LogP contribution in [0.25, 0.3) is 0 Å². The molecule has 0 amide bonds. The van der Waals surface area contributed by atoms with Crippen molar-refractivity contribution >= 4 is 28.7 Å². The van der Waals surface area contributed by atoms with Crippen molar-refractivity contribution in [2.24, 2.45) is 5.10 Å². The zero-order valence-electron chi connectivity index (χ0n) is 15.7. The molecule has 2 aromatic rings. The quantitative estimate of drug-likeness (QED) is 0.383. The number of ether oxygens (including phenoxy) is 3. The third-order valence-electron chi connectivity index (χ3n) is 3.55. The molecule has 0 aliphatic rings. The third kappa shape index (κ3) is 6.34. The average Bonchev–Trinajstić information content (AvgIpc) is 2.67. The highest BCUT2D eigenvalue weighted by atomic mass is 32.1. The van der Waals surface area contributed by atoms with E-state index in [9.17, 15) is 8.78 Å². The summed E-state index contributed by atoms with van der Waals surface area (Å²) < 4.78 is 39.7. The molecule has 0 radical (unpaired) electrons. The molecule has 0 saturated heterocycles. The molecule has 2 aromatic carbocycles. The Hall–Kier alpha value is -2.94. The van der Waals surface area contributed by atoms with Crippen molar-refractivity contribution in [3.8, 4) is 17.2 Å². The first-order valence-corrected chi connectivity index (χ1v) is 8.81. The number of hydrogen-bond acceptors (Lipinski definition) is 5. The number of thiocarbonyl (C=S) groups is 1. The summed E-state index contributed by atoms with van der Waals surface area (Å²) in [6.07, 6.45) is 0. The molecule has 6 nitrogen and oxygen atoms in total.